The van der Waals surface area contributed by atoms with Crippen molar-refractivity contribution >= 4 is 41.0 Å². The van der Waals surface area contributed by atoms with Crippen LogP contribution in [0.1, 0.15) is 18.1 Å². The van der Waals surface area contributed by atoms with E-state index in [4.69, 9.17) is 10.2 Å². The Hall–Kier alpha value is -5.39. The van der Waals surface area contributed by atoms with E-state index in [0.717, 1.165) is 11.1 Å². The summed E-state index contributed by atoms with van der Waals surface area (Å²) >= 11 is 0. The van der Waals surface area contributed by atoms with Crippen LogP contribution in [0.2, 0.25) is 0 Å². The van der Waals surface area contributed by atoms with Crippen molar-refractivity contribution in [3.8, 4) is 28.4 Å². The number of nitrogens with zero attached hydrogens (tertiary/aromatic N) is 3. The van der Waals surface area contributed by atoms with Crippen molar-refractivity contribution in [2.45, 2.75) is 20.8 Å². The zero-order chi connectivity index (χ0) is 27.6. The fraction of sp³-hybridized carbons (Fsp3) is 0.115. The molecule has 0 radical (unpaired) electrons. The molecule has 0 aliphatic carbocycles. The average Bonchev–Trinajstić information content (AvgIpc) is 3.14. The first-order valence-electron chi connectivity index (χ1n) is 11.1. The Morgan fingerprint density at radius 3 is 2.32 bits per heavy atom. The zero-order valence-electron chi connectivity index (χ0n) is 20.4. The van der Waals surface area contributed by atoms with Crippen molar-refractivity contribution in [1.82, 2.24) is 0 Å². The minimum absolute atomic E-state index is 0.0559. The van der Waals surface area contributed by atoms with E-state index in [0.29, 0.717) is 17.0 Å². The molecule has 0 saturated heterocycles. The van der Waals surface area contributed by atoms with Crippen LogP contribution in [-0.4, -0.2) is 45.0 Å². The number of carboxylic acid groups (broad SMARTS) is 2. The van der Waals surface area contributed by atoms with Crippen LogP contribution in [0.15, 0.2) is 64.8 Å². The number of hydrazone groups is 2. The maximum Gasteiger partial charge on any atom is 0.511 e. The Labute approximate surface area is 216 Å². The molecule has 3 aromatic rings. The molecule has 0 fully saturated rings. The van der Waals surface area contributed by atoms with Gasteiger partial charge in [0.15, 0.2) is 17.2 Å². The number of aromatic hydroxyl groups is 1. The molecule has 0 atom stereocenters. The maximum absolute atomic E-state index is 13.0. The Bertz CT molecular complexity index is 1530. The summed E-state index contributed by atoms with van der Waals surface area (Å²) in [6.07, 6.45) is -3.33. The van der Waals surface area contributed by atoms with Gasteiger partial charge in [0.2, 0.25) is 0 Å². The molecule has 4 N–H and O–H groups in total. The lowest BCUT2D eigenvalue weighted by Crippen LogP contribution is -2.28. The second-order valence-electron chi connectivity index (χ2n) is 8.24. The highest BCUT2D eigenvalue weighted by Crippen LogP contribution is 2.39. The van der Waals surface area contributed by atoms with Gasteiger partial charge < -0.3 is 24.8 Å². The number of hydrogen-bond donors (Lipinski definition) is 4. The van der Waals surface area contributed by atoms with E-state index in [1.165, 1.54) is 29.3 Å². The molecule has 4 rings (SSSR count). The molecule has 12 heteroatoms. The number of ether oxygens (including phenoxy) is 2. The van der Waals surface area contributed by atoms with Gasteiger partial charge in [-0.3, -0.25) is 10.2 Å². The average molecular weight is 518 g/mol. The number of amides is 1. The molecule has 38 heavy (non-hydrogen) atoms. The Morgan fingerprint density at radius 1 is 0.921 bits per heavy atom. The number of aryl methyl sites for hydroxylation is 2. The number of carbonyl (C=O) groups excluding carboxylic acids is 1. The van der Waals surface area contributed by atoms with E-state index in [9.17, 15) is 19.5 Å². The highest BCUT2D eigenvalue weighted by Gasteiger charge is 2.31. The molecular weight excluding hydrogens is 496 g/mol. The fourth-order valence-electron chi connectivity index (χ4n) is 3.67. The summed E-state index contributed by atoms with van der Waals surface area (Å²) < 4.78 is 9.18. The highest BCUT2D eigenvalue weighted by atomic mass is 16.7. The Kier molecular flexibility index (Phi) is 6.97. The van der Waals surface area contributed by atoms with Crippen LogP contribution in [0.3, 0.4) is 0 Å². The number of carbonyl (C=O) groups is 3. The molecular formula is C26H22N4O8. The number of rotatable bonds is 6. The van der Waals surface area contributed by atoms with Crippen LogP contribution >= 0.6 is 0 Å². The molecule has 1 heterocycles. The topological polar surface area (TPSA) is 170 Å². The number of para-hydroxylation sites is 1. The lowest BCUT2D eigenvalue weighted by atomic mass is 10.0. The van der Waals surface area contributed by atoms with Crippen LogP contribution < -0.4 is 19.9 Å². The quantitative estimate of drug-likeness (QED) is 0.152. The maximum atomic E-state index is 13.0. The summed E-state index contributed by atoms with van der Waals surface area (Å²) in [5.74, 6) is -1.44. The molecule has 3 aromatic carbocycles. The van der Waals surface area contributed by atoms with E-state index < -0.39 is 18.2 Å². The molecule has 0 unspecified atom stereocenters. The summed E-state index contributed by atoms with van der Waals surface area (Å²) in [7, 11) is 0. The van der Waals surface area contributed by atoms with Gasteiger partial charge in [0.1, 0.15) is 5.75 Å². The lowest BCUT2D eigenvalue weighted by molar-refractivity contribution is -0.112. The minimum atomic E-state index is -1.68. The van der Waals surface area contributed by atoms with Crippen LogP contribution in [-0.2, 0) is 4.79 Å². The second-order valence-corrected chi connectivity index (χ2v) is 8.24. The summed E-state index contributed by atoms with van der Waals surface area (Å²) in [6, 6.07) is 14.0. The molecule has 1 aliphatic rings. The third-order valence-corrected chi connectivity index (χ3v) is 5.70. The van der Waals surface area contributed by atoms with Gasteiger partial charge in [-0.25, -0.2) is 9.59 Å². The predicted molar refractivity (Wildman–Crippen MR) is 138 cm³/mol. The summed E-state index contributed by atoms with van der Waals surface area (Å²) in [6.45, 7) is 5.54. The van der Waals surface area contributed by atoms with Gasteiger partial charge >= 0.3 is 18.2 Å². The van der Waals surface area contributed by atoms with Crippen molar-refractivity contribution in [3.05, 3.63) is 65.7 Å². The molecule has 0 aromatic heterocycles. The molecule has 1 amide bonds. The molecule has 0 saturated carbocycles. The SMILES string of the molecule is CC1=NN(c2ccc(C)c(C)c2)C(=O)C1=NNc1cccc(-c2ccc(OC(=O)O)c(OC(=O)O)c2)c1O. The zero-order valence-corrected chi connectivity index (χ0v) is 20.4. The molecule has 1 aliphatic heterocycles. The third-order valence-electron chi connectivity index (χ3n) is 5.70. The van der Waals surface area contributed by atoms with Crippen LogP contribution in [0.5, 0.6) is 17.2 Å². The molecule has 194 valence electrons. The fourth-order valence-corrected chi connectivity index (χ4v) is 3.67. The monoisotopic (exact) mass is 518 g/mol. The third kappa shape index (κ3) is 5.23. The Morgan fingerprint density at radius 2 is 1.63 bits per heavy atom. The van der Waals surface area contributed by atoms with Crippen molar-refractivity contribution in [1.29, 1.82) is 0 Å². The van der Waals surface area contributed by atoms with Gasteiger partial charge in [0.05, 0.1) is 17.1 Å². The van der Waals surface area contributed by atoms with Crippen molar-refractivity contribution < 1.29 is 39.2 Å². The second kappa shape index (κ2) is 10.3. The van der Waals surface area contributed by atoms with Gasteiger partial charge in [0, 0.05) is 5.56 Å². The number of hydrogen-bond acceptors (Lipinski definition) is 9. The van der Waals surface area contributed by atoms with Gasteiger partial charge in [0.25, 0.3) is 0 Å². The van der Waals surface area contributed by atoms with E-state index >= 15 is 0 Å². The summed E-state index contributed by atoms with van der Waals surface area (Å²) in [5.41, 5.74) is 6.49. The number of phenols is 1. The van der Waals surface area contributed by atoms with Crippen LogP contribution in [0.25, 0.3) is 11.1 Å². The standard InChI is InChI=1S/C26H22N4O8/c1-13-7-9-17(11-14(13)2)30-24(32)22(15(3)29-30)28-27-19-6-4-5-18(23(19)31)16-8-10-20(37-25(33)34)21(12-16)38-26(35)36/h4-12,27,31H,1-3H3,(H,33,34)(H,35,36). The first-order chi connectivity index (χ1) is 18.0. The van der Waals surface area contributed by atoms with Gasteiger partial charge in [-0.05, 0) is 67.8 Å². The Balaban J connectivity index is 1.61. The number of benzene rings is 3. The van der Waals surface area contributed by atoms with Crippen LogP contribution in [0, 0.1) is 13.8 Å². The number of phenolic OH excluding ortho intramolecular Hbond substituents is 1. The van der Waals surface area contributed by atoms with Gasteiger partial charge in [-0.2, -0.15) is 15.2 Å². The molecule has 0 bridgehead atoms. The molecule has 0 spiro atoms. The normalized spacial score (nSPS) is 13.9. The molecule has 12 nitrogen and oxygen atoms in total. The van der Waals surface area contributed by atoms with Crippen molar-refractivity contribution in [2.24, 2.45) is 10.2 Å². The van der Waals surface area contributed by atoms with Crippen molar-refractivity contribution in [2.75, 3.05) is 10.4 Å². The lowest BCUT2D eigenvalue weighted by Gasteiger charge is -2.13. The summed E-state index contributed by atoms with van der Waals surface area (Å²) in [5, 5.41) is 38.4. The van der Waals surface area contributed by atoms with Gasteiger partial charge in [-0.15, -0.1) is 0 Å². The first-order valence-corrected chi connectivity index (χ1v) is 11.1. The smallest absolute Gasteiger partial charge is 0.505 e. The number of anilines is 2. The predicted octanol–water partition coefficient (Wildman–Crippen LogP) is 4.98. The van der Waals surface area contributed by atoms with E-state index in [1.807, 2.05) is 26.0 Å². The minimum Gasteiger partial charge on any atom is -0.505 e. The summed E-state index contributed by atoms with van der Waals surface area (Å²) in [4.78, 5) is 34.9. The highest BCUT2D eigenvalue weighted by molar-refractivity contribution is 6.71. The first kappa shape index (κ1) is 25.7. The number of nitrogens with one attached hydrogen (secondary N) is 1. The van der Waals surface area contributed by atoms with Gasteiger partial charge in [-0.1, -0.05) is 24.3 Å². The van der Waals surface area contributed by atoms with E-state index in [1.54, 1.807) is 25.1 Å². The largest absolute Gasteiger partial charge is 0.511 e. The van der Waals surface area contributed by atoms with Crippen molar-refractivity contribution in [3.63, 3.8) is 0 Å². The van der Waals surface area contributed by atoms with Crippen LogP contribution in [0.4, 0.5) is 21.0 Å². The van der Waals surface area contributed by atoms with E-state index in [2.05, 4.69) is 25.1 Å². The van der Waals surface area contributed by atoms with E-state index in [-0.39, 0.29) is 34.2 Å².